The molecule has 1 aliphatic rings. The minimum absolute atomic E-state index is 0.853. The molecule has 86 valence electrons. The van der Waals surface area contributed by atoms with E-state index >= 15 is 0 Å². The molecule has 0 saturated carbocycles. The quantitative estimate of drug-likeness (QED) is 0.721. The lowest BCUT2D eigenvalue weighted by Gasteiger charge is -2.00. The van der Waals surface area contributed by atoms with Gasteiger partial charge in [-0.2, -0.15) is 0 Å². The molecule has 1 aromatic rings. The monoisotopic (exact) mass is 225 g/mol. The van der Waals surface area contributed by atoms with Crippen molar-refractivity contribution in [3.8, 4) is 0 Å². The Morgan fingerprint density at radius 3 is 2.47 bits per heavy atom. The second-order valence-electron chi connectivity index (χ2n) is 3.70. The second-order valence-corrected chi connectivity index (χ2v) is 3.70. The first-order chi connectivity index (χ1) is 8.33. The maximum Gasteiger partial charge on any atom is 0.118 e. The lowest BCUT2D eigenvalue weighted by atomic mass is 10.1. The predicted molar refractivity (Wildman–Crippen MR) is 71.9 cm³/mol. The van der Waals surface area contributed by atoms with Crippen LogP contribution in [0.5, 0.6) is 0 Å². The van der Waals surface area contributed by atoms with Gasteiger partial charge in [-0.15, -0.1) is 0 Å². The van der Waals surface area contributed by atoms with Crippen molar-refractivity contribution in [2.45, 2.75) is 6.92 Å². The average Bonchev–Trinajstić information content (AvgIpc) is 2.65. The Kier molecular flexibility index (Phi) is 3.24. The third-order valence-electron chi connectivity index (χ3n) is 2.74. The first-order valence-corrected chi connectivity index (χ1v) is 5.54. The molecule has 0 saturated heterocycles. The van der Waals surface area contributed by atoms with Crippen molar-refractivity contribution in [2.24, 2.45) is 5.16 Å². The van der Waals surface area contributed by atoms with E-state index < -0.39 is 0 Å². The van der Waals surface area contributed by atoms with Crippen LogP contribution in [-0.4, -0.2) is 12.8 Å². The normalized spacial score (nSPS) is 16.7. The lowest BCUT2D eigenvalue weighted by molar-refractivity contribution is 0.214. The molecule has 0 aliphatic heterocycles. The summed E-state index contributed by atoms with van der Waals surface area (Å²) in [4.78, 5) is 4.92. The summed E-state index contributed by atoms with van der Waals surface area (Å²) in [5, 5.41) is 4.10. The van der Waals surface area contributed by atoms with Crippen LogP contribution in [0.4, 0.5) is 0 Å². The molecule has 2 heteroatoms. The first kappa shape index (κ1) is 11.4. The van der Waals surface area contributed by atoms with Gasteiger partial charge in [0.05, 0.1) is 0 Å². The minimum atomic E-state index is 0.853. The molecule has 0 radical (unpaired) electrons. The Balaban J connectivity index is 2.71. The van der Waals surface area contributed by atoms with E-state index in [0.29, 0.717) is 0 Å². The van der Waals surface area contributed by atoms with Gasteiger partial charge in [0.2, 0.25) is 0 Å². The van der Waals surface area contributed by atoms with Crippen molar-refractivity contribution in [2.75, 3.05) is 7.11 Å². The molecular weight excluding hydrogens is 210 g/mol. The maximum absolute atomic E-state index is 4.92. The number of allylic oxidation sites excluding steroid dienone is 5. The molecule has 0 amide bonds. The zero-order valence-electron chi connectivity index (χ0n) is 10.1. The van der Waals surface area contributed by atoms with Crippen LogP contribution in [0.2, 0.25) is 0 Å². The summed E-state index contributed by atoms with van der Waals surface area (Å²) in [6.45, 7) is 5.86. The van der Waals surface area contributed by atoms with Crippen LogP contribution in [0.25, 0.3) is 5.57 Å². The highest BCUT2D eigenvalue weighted by Crippen LogP contribution is 2.34. The van der Waals surface area contributed by atoms with Gasteiger partial charge < -0.3 is 4.84 Å². The zero-order chi connectivity index (χ0) is 12.3. The van der Waals surface area contributed by atoms with E-state index in [9.17, 15) is 0 Å². The molecule has 0 spiro atoms. The summed E-state index contributed by atoms with van der Waals surface area (Å²) in [6.07, 6.45) is 5.92. The average molecular weight is 225 g/mol. The van der Waals surface area contributed by atoms with Crippen LogP contribution in [0.3, 0.4) is 0 Å². The topological polar surface area (TPSA) is 21.6 Å². The van der Waals surface area contributed by atoms with Crippen LogP contribution in [0.1, 0.15) is 18.1 Å². The molecule has 0 unspecified atom stereocenters. The molecule has 0 heterocycles. The minimum Gasteiger partial charge on any atom is -0.399 e. The fourth-order valence-corrected chi connectivity index (χ4v) is 2.08. The first-order valence-electron chi connectivity index (χ1n) is 5.54. The van der Waals surface area contributed by atoms with Crippen molar-refractivity contribution >= 4 is 11.3 Å². The highest BCUT2D eigenvalue weighted by atomic mass is 16.6. The van der Waals surface area contributed by atoms with Crippen molar-refractivity contribution < 1.29 is 4.84 Å². The van der Waals surface area contributed by atoms with Gasteiger partial charge >= 0.3 is 0 Å². The summed E-state index contributed by atoms with van der Waals surface area (Å²) in [5.41, 5.74) is 5.29. The Hall–Kier alpha value is -2.09. The van der Waals surface area contributed by atoms with Crippen LogP contribution < -0.4 is 0 Å². The smallest absolute Gasteiger partial charge is 0.118 e. The lowest BCUT2D eigenvalue weighted by Crippen LogP contribution is -1.99. The van der Waals surface area contributed by atoms with Gasteiger partial charge in [-0.3, -0.25) is 0 Å². The van der Waals surface area contributed by atoms with E-state index in [1.165, 1.54) is 5.56 Å². The zero-order valence-corrected chi connectivity index (χ0v) is 10.1. The van der Waals surface area contributed by atoms with Crippen molar-refractivity contribution in [1.82, 2.24) is 0 Å². The van der Waals surface area contributed by atoms with E-state index in [0.717, 1.165) is 22.4 Å². The van der Waals surface area contributed by atoms with Gasteiger partial charge in [0.15, 0.2) is 0 Å². The standard InChI is InChI=1S/C15H15NO/c1-4-8-12-11(5-2)15(16-17-3)14-10-7-6-9-13(12)14/h4-10H,2H2,1,3H3/b8-4-,16-15-. The Labute approximate surface area is 102 Å². The Bertz CT molecular complexity index is 536. The molecule has 2 rings (SSSR count). The predicted octanol–water partition coefficient (Wildman–Crippen LogP) is 3.57. The molecule has 1 aliphatic carbocycles. The molecule has 17 heavy (non-hydrogen) atoms. The fraction of sp³-hybridized carbons (Fsp3) is 0.133. The fourth-order valence-electron chi connectivity index (χ4n) is 2.08. The molecule has 0 N–H and O–H groups in total. The van der Waals surface area contributed by atoms with Crippen LogP contribution in [0, 0.1) is 0 Å². The molecular formula is C15H15NO. The van der Waals surface area contributed by atoms with Gasteiger partial charge in [-0.25, -0.2) is 0 Å². The summed E-state index contributed by atoms with van der Waals surface area (Å²) >= 11 is 0. The maximum atomic E-state index is 4.92. The van der Waals surface area contributed by atoms with E-state index in [1.54, 1.807) is 7.11 Å². The highest BCUT2D eigenvalue weighted by molar-refractivity contribution is 6.26. The van der Waals surface area contributed by atoms with Gasteiger partial charge in [0.1, 0.15) is 12.8 Å². The Morgan fingerprint density at radius 2 is 1.88 bits per heavy atom. The summed E-state index contributed by atoms with van der Waals surface area (Å²) < 4.78 is 0. The van der Waals surface area contributed by atoms with Crippen LogP contribution in [0.15, 0.2) is 59.8 Å². The van der Waals surface area contributed by atoms with E-state index in [1.807, 2.05) is 37.3 Å². The van der Waals surface area contributed by atoms with E-state index in [-0.39, 0.29) is 0 Å². The van der Waals surface area contributed by atoms with Gasteiger partial charge in [0, 0.05) is 11.1 Å². The largest absolute Gasteiger partial charge is 0.399 e. The SMILES string of the molecule is C=CC1=C(/C=C\C)c2ccccc2/C1=N\OC. The van der Waals surface area contributed by atoms with Crippen molar-refractivity contribution in [3.63, 3.8) is 0 Å². The number of benzene rings is 1. The number of hydrogen-bond donors (Lipinski definition) is 0. The number of hydrogen-bond acceptors (Lipinski definition) is 2. The Morgan fingerprint density at radius 1 is 1.18 bits per heavy atom. The third-order valence-corrected chi connectivity index (χ3v) is 2.74. The summed E-state index contributed by atoms with van der Waals surface area (Å²) in [7, 11) is 1.56. The molecule has 0 bridgehead atoms. The van der Waals surface area contributed by atoms with Gasteiger partial charge in [0.25, 0.3) is 0 Å². The van der Waals surface area contributed by atoms with E-state index in [2.05, 4.69) is 23.9 Å². The molecule has 0 atom stereocenters. The van der Waals surface area contributed by atoms with Gasteiger partial charge in [-0.05, 0) is 18.1 Å². The van der Waals surface area contributed by atoms with Gasteiger partial charge in [-0.1, -0.05) is 54.2 Å². The summed E-state index contributed by atoms with van der Waals surface area (Å²) in [6, 6.07) is 8.17. The van der Waals surface area contributed by atoms with Crippen LogP contribution in [-0.2, 0) is 4.84 Å². The second kappa shape index (κ2) is 4.83. The number of rotatable bonds is 3. The number of fused-ring (bicyclic) bond motifs is 1. The van der Waals surface area contributed by atoms with Crippen LogP contribution >= 0.6 is 0 Å². The third kappa shape index (κ3) is 1.82. The number of oxime groups is 1. The van der Waals surface area contributed by atoms with Crippen molar-refractivity contribution in [1.29, 1.82) is 0 Å². The van der Waals surface area contributed by atoms with Crippen molar-refractivity contribution in [3.05, 3.63) is 65.8 Å². The number of nitrogens with zero attached hydrogens (tertiary/aromatic N) is 1. The summed E-state index contributed by atoms with van der Waals surface area (Å²) in [5.74, 6) is 0. The molecule has 0 fully saturated rings. The highest BCUT2D eigenvalue weighted by Gasteiger charge is 2.24. The molecule has 1 aromatic carbocycles. The van der Waals surface area contributed by atoms with E-state index in [4.69, 9.17) is 4.84 Å². The molecule has 0 aromatic heterocycles. The molecule has 2 nitrogen and oxygen atoms in total.